The van der Waals surface area contributed by atoms with Crippen molar-refractivity contribution in [2.24, 2.45) is 0 Å². The Morgan fingerprint density at radius 1 is 1.15 bits per heavy atom. The number of nitrogens with zero attached hydrogens (tertiary/aromatic N) is 2. The van der Waals surface area contributed by atoms with E-state index in [9.17, 15) is 5.11 Å². The van der Waals surface area contributed by atoms with E-state index in [4.69, 9.17) is 10.00 Å². The third kappa shape index (κ3) is 4.83. The first kappa shape index (κ1) is 18.9. The third-order valence-electron chi connectivity index (χ3n) is 4.81. The molecule has 0 aliphatic carbocycles. The van der Waals surface area contributed by atoms with Gasteiger partial charge in [0.1, 0.15) is 18.5 Å². The molecule has 0 aromatic heterocycles. The highest BCUT2D eigenvalue weighted by molar-refractivity contribution is 7.27. The van der Waals surface area contributed by atoms with Gasteiger partial charge in [-0.15, -0.1) is 9.24 Å². The molecule has 3 rings (SSSR count). The smallest absolute Gasteiger partial charge is 0.119 e. The molecule has 2 atom stereocenters. The maximum Gasteiger partial charge on any atom is 0.119 e. The normalized spacial score (nSPS) is 16.0. The highest BCUT2D eigenvalue weighted by Crippen LogP contribution is 2.25. The summed E-state index contributed by atoms with van der Waals surface area (Å²) in [5, 5.41) is 20.7. The Labute approximate surface area is 157 Å². The molecule has 0 saturated carbocycles. The summed E-state index contributed by atoms with van der Waals surface area (Å²) >= 11 is 0. The molecule has 1 aliphatic heterocycles. The minimum absolute atomic E-state index is 0.541. The summed E-state index contributed by atoms with van der Waals surface area (Å²) in [5.74, 6) is 0.764. The summed E-state index contributed by atoms with van der Waals surface area (Å²) in [6, 6.07) is 15.0. The molecular weight excluding hydrogens is 343 g/mol. The highest BCUT2D eigenvalue weighted by Gasteiger charge is 2.15. The maximum atomic E-state index is 10.8. The van der Waals surface area contributed by atoms with Gasteiger partial charge in [0, 0.05) is 6.54 Å². The quantitative estimate of drug-likeness (QED) is 0.797. The van der Waals surface area contributed by atoms with Gasteiger partial charge in [-0.25, -0.2) is 0 Å². The zero-order chi connectivity index (χ0) is 18.4. The Kier molecular flexibility index (Phi) is 6.63. The monoisotopic (exact) mass is 368 g/mol. The lowest BCUT2D eigenvalue weighted by Gasteiger charge is -2.26. The number of piperidine rings is 1. The number of ether oxygens (including phenoxy) is 1. The average molecular weight is 368 g/mol. The number of hydrogen-bond acceptors (Lipinski definition) is 4. The first-order valence-corrected chi connectivity index (χ1v) is 9.68. The van der Waals surface area contributed by atoms with Gasteiger partial charge in [0.2, 0.25) is 0 Å². The lowest BCUT2D eigenvalue weighted by Crippen LogP contribution is -2.33. The van der Waals surface area contributed by atoms with Crippen molar-refractivity contribution in [1.82, 2.24) is 4.90 Å². The van der Waals surface area contributed by atoms with Gasteiger partial charge in [0.25, 0.3) is 0 Å². The van der Waals surface area contributed by atoms with E-state index in [1.807, 2.05) is 30.3 Å². The topological polar surface area (TPSA) is 56.5 Å². The lowest BCUT2D eigenvalue weighted by molar-refractivity contribution is 0.182. The Hall–Kier alpha value is -1.92. The van der Waals surface area contributed by atoms with Crippen molar-refractivity contribution in [2.45, 2.75) is 25.4 Å². The number of hydrogen-bond donors (Lipinski definition) is 1. The number of benzene rings is 2. The van der Waals surface area contributed by atoms with Crippen LogP contribution in [0, 0.1) is 11.3 Å². The predicted molar refractivity (Wildman–Crippen MR) is 107 cm³/mol. The molecule has 0 bridgehead atoms. The maximum absolute atomic E-state index is 10.8. The molecular formula is C21H25N2O2P. The van der Waals surface area contributed by atoms with E-state index in [2.05, 4.69) is 20.2 Å². The van der Waals surface area contributed by atoms with Crippen LogP contribution in [0.4, 0.5) is 0 Å². The van der Waals surface area contributed by atoms with Gasteiger partial charge in [0.15, 0.2) is 0 Å². The molecule has 2 aromatic rings. The molecule has 2 aromatic carbocycles. The molecule has 0 spiro atoms. The van der Waals surface area contributed by atoms with Crippen LogP contribution < -0.4 is 10.0 Å². The fourth-order valence-electron chi connectivity index (χ4n) is 3.31. The van der Waals surface area contributed by atoms with E-state index in [0.29, 0.717) is 12.2 Å². The fraction of sp³-hybridized carbons (Fsp3) is 0.381. The molecule has 0 radical (unpaired) electrons. The van der Waals surface area contributed by atoms with Gasteiger partial charge < -0.3 is 9.84 Å². The summed E-state index contributed by atoms with van der Waals surface area (Å²) in [4.78, 5) is 2.44. The third-order valence-corrected chi connectivity index (χ3v) is 5.34. The number of aliphatic hydroxyl groups is 1. The second kappa shape index (κ2) is 9.14. The van der Waals surface area contributed by atoms with Crippen LogP contribution in [0.1, 0.15) is 42.1 Å². The number of rotatable bonds is 6. The predicted octanol–water partition coefficient (Wildman–Crippen LogP) is 3.01. The second-order valence-corrected chi connectivity index (χ2v) is 7.30. The molecule has 0 amide bonds. The standard InChI is InChI=1S/C21H25N2O2P/c22-15-16-7-8-20(26)19(13-16)21(24)17-5-4-6-18(14-17)25-12-11-23-9-2-1-3-10-23/h4-8,13-14,21,24H,1-3,9-12,26H2. The van der Waals surface area contributed by atoms with Crippen LogP contribution in [0.25, 0.3) is 0 Å². The van der Waals surface area contributed by atoms with Crippen molar-refractivity contribution in [3.63, 3.8) is 0 Å². The van der Waals surface area contributed by atoms with Crippen LogP contribution in [-0.2, 0) is 0 Å². The van der Waals surface area contributed by atoms with E-state index in [1.54, 1.807) is 12.1 Å². The molecule has 1 saturated heterocycles. The molecule has 26 heavy (non-hydrogen) atoms. The van der Waals surface area contributed by atoms with Gasteiger partial charge >= 0.3 is 0 Å². The van der Waals surface area contributed by atoms with Crippen LogP contribution in [0.5, 0.6) is 5.75 Å². The van der Waals surface area contributed by atoms with Crippen LogP contribution >= 0.6 is 9.24 Å². The molecule has 5 heteroatoms. The Morgan fingerprint density at radius 3 is 2.73 bits per heavy atom. The Bertz CT molecular complexity index is 782. The van der Waals surface area contributed by atoms with Crippen molar-refractivity contribution >= 4 is 14.5 Å². The Morgan fingerprint density at radius 2 is 1.96 bits per heavy atom. The van der Waals surface area contributed by atoms with Gasteiger partial charge in [0.05, 0.1) is 11.6 Å². The van der Waals surface area contributed by atoms with E-state index in [-0.39, 0.29) is 0 Å². The van der Waals surface area contributed by atoms with Crippen molar-refractivity contribution in [3.8, 4) is 11.8 Å². The number of aliphatic hydroxyl groups excluding tert-OH is 1. The van der Waals surface area contributed by atoms with Gasteiger partial charge in [-0.2, -0.15) is 5.26 Å². The van der Waals surface area contributed by atoms with Crippen molar-refractivity contribution in [2.75, 3.05) is 26.2 Å². The first-order valence-electron chi connectivity index (χ1n) is 9.10. The van der Waals surface area contributed by atoms with Crippen LogP contribution in [-0.4, -0.2) is 36.2 Å². The van der Waals surface area contributed by atoms with Crippen molar-refractivity contribution in [1.29, 1.82) is 5.26 Å². The molecule has 1 N–H and O–H groups in total. The van der Waals surface area contributed by atoms with Crippen molar-refractivity contribution in [3.05, 3.63) is 59.2 Å². The SMILES string of the molecule is N#Cc1ccc(P)c(C(O)c2cccc(OCCN3CCCCC3)c2)c1. The fourth-order valence-corrected chi connectivity index (χ4v) is 3.65. The molecule has 1 aliphatic rings. The van der Waals surface area contributed by atoms with E-state index in [1.165, 1.54) is 19.3 Å². The summed E-state index contributed by atoms with van der Waals surface area (Å²) in [7, 11) is 2.62. The van der Waals surface area contributed by atoms with Gasteiger partial charge in [-0.05, 0) is 66.6 Å². The van der Waals surface area contributed by atoms with E-state index < -0.39 is 6.10 Å². The first-order chi connectivity index (χ1) is 12.7. The number of nitriles is 1. The van der Waals surface area contributed by atoms with E-state index >= 15 is 0 Å². The largest absolute Gasteiger partial charge is 0.492 e. The second-order valence-electron chi connectivity index (χ2n) is 6.68. The molecule has 136 valence electrons. The summed E-state index contributed by atoms with van der Waals surface area (Å²) in [6.07, 6.45) is 3.10. The zero-order valence-electron chi connectivity index (χ0n) is 14.9. The minimum Gasteiger partial charge on any atom is -0.492 e. The summed E-state index contributed by atoms with van der Waals surface area (Å²) in [5.41, 5.74) is 2.03. The summed E-state index contributed by atoms with van der Waals surface area (Å²) < 4.78 is 5.90. The van der Waals surface area contributed by atoms with Crippen LogP contribution in [0.3, 0.4) is 0 Å². The van der Waals surface area contributed by atoms with Crippen LogP contribution in [0.15, 0.2) is 42.5 Å². The summed E-state index contributed by atoms with van der Waals surface area (Å²) in [6.45, 7) is 3.91. The number of likely N-dealkylation sites (tertiary alicyclic amines) is 1. The minimum atomic E-state index is -0.790. The van der Waals surface area contributed by atoms with Crippen molar-refractivity contribution < 1.29 is 9.84 Å². The lowest BCUT2D eigenvalue weighted by atomic mass is 9.99. The highest BCUT2D eigenvalue weighted by atomic mass is 31.0. The molecule has 2 unspecified atom stereocenters. The molecule has 1 fully saturated rings. The molecule has 4 nitrogen and oxygen atoms in total. The van der Waals surface area contributed by atoms with Crippen LogP contribution in [0.2, 0.25) is 0 Å². The van der Waals surface area contributed by atoms with E-state index in [0.717, 1.165) is 41.8 Å². The van der Waals surface area contributed by atoms with Gasteiger partial charge in [-0.3, -0.25) is 4.90 Å². The molecule has 1 heterocycles. The zero-order valence-corrected chi connectivity index (χ0v) is 16.1. The average Bonchev–Trinajstić information content (AvgIpc) is 2.69. The Balaban J connectivity index is 1.65. The van der Waals surface area contributed by atoms with Gasteiger partial charge in [-0.1, -0.05) is 24.6 Å².